The van der Waals surface area contributed by atoms with Crippen molar-refractivity contribution in [3.05, 3.63) is 12.2 Å². The summed E-state index contributed by atoms with van der Waals surface area (Å²) >= 11 is 0. The Morgan fingerprint density at radius 1 is 1.56 bits per heavy atom. The van der Waals surface area contributed by atoms with Crippen LogP contribution in [0.15, 0.2) is 6.33 Å². The number of hydrogen-bond acceptors (Lipinski definition) is 6. The zero-order valence-electron chi connectivity index (χ0n) is 10.7. The first kappa shape index (κ1) is 13.4. The van der Waals surface area contributed by atoms with Crippen molar-refractivity contribution in [3.8, 4) is 0 Å². The van der Waals surface area contributed by atoms with Gasteiger partial charge in [0.15, 0.2) is 0 Å². The average Bonchev–Trinajstić information content (AvgIpc) is 2.82. The van der Waals surface area contributed by atoms with Gasteiger partial charge in [-0.05, 0) is 0 Å². The number of nitrogens with zero attached hydrogens (tertiary/aromatic N) is 4. The summed E-state index contributed by atoms with van der Waals surface area (Å²) in [6.07, 6.45) is 1.39. The molecule has 1 unspecified atom stereocenters. The highest BCUT2D eigenvalue weighted by Gasteiger charge is 2.19. The maximum atomic E-state index is 9.91. The van der Waals surface area contributed by atoms with Crippen molar-refractivity contribution < 1.29 is 9.84 Å². The minimum Gasteiger partial charge on any atom is -0.390 e. The summed E-state index contributed by atoms with van der Waals surface area (Å²) in [5, 5.41) is 21.0. The highest BCUT2D eigenvalue weighted by atomic mass is 16.5. The van der Waals surface area contributed by atoms with Crippen LogP contribution in [0.1, 0.15) is 5.82 Å². The number of fused-ring (bicyclic) bond motifs is 1. The van der Waals surface area contributed by atoms with Crippen molar-refractivity contribution in [3.63, 3.8) is 0 Å². The molecule has 2 N–H and O–H groups in total. The van der Waals surface area contributed by atoms with E-state index in [1.165, 1.54) is 0 Å². The molecule has 1 aromatic rings. The molecule has 0 amide bonds. The highest BCUT2D eigenvalue weighted by molar-refractivity contribution is 4.90. The second-order valence-electron chi connectivity index (χ2n) is 4.53. The fourth-order valence-corrected chi connectivity index (χ4v) is 2.08. The molecule has 0 aliphatic carbocycles. The predicted octanol–water partition coefficient (Wildman–Crippen LogP) is -1.31. The molecule has 2 heterocycles. The number of aliphatic hydroxyl groups excluding tert-OH is 1. The Morgan fingerprint density at radius 2 is 2.44 bits per heavy atom. The van der Waals surface area contributed by atoms with Crippen molar-refractivity contribution in [1.29, 1.82) is 0 Å². The van der Waals surface area contributed by atoms with Crippen LogP contribution in [0.5, 0.6) is 0 Å². The molecule has 0 aromatic carbocycles. The maximum Gasteiger partial charge on any atom is 0.147 e. The SMILES string of the molecule is COCCNCC(O)CN1CCn2cnnc2C1. The van der Waals surface area contributed by atoms with Crippen molar-refractivity contribution in [2.75, 3.05) is 39.9 Å². The minimum absolute atomic E-state index is 0.365. The maximum absolute atomic E-state index is 9.91. The average molecular weight is 255 g/mol. The lowest BCUT2D eigenvalue weighted by Crippen LogP contribution is -2.42. The van der Waals surface area contributed by atoms with Crippen LogP contribution in [-0.2, 0) is 17.8 Å². The zero-order valence-corrected chi connectivity index (χ0v) is 10.7. The number of nitrogens with one attached hydrogen (secondary N) is 1. The standard InChI is InChI=1S/C11H21N5O2/c1-18-5-2-12-6-10(17)7-15-3-4-16-9-13-14-11(16)8-15/h9-10,12,17H,2-8H2,1H3. The van der Waals surface area contributed by atoms with E-state index < -0.39 is 0 Å². The first-order valence-electron chi connectivity index (χ1n) is 6.26. The quantitative estimate of drug-likeness (QED) is 0.589. The van der Waals surface area contributed by atoms with Gasteiger partial charge in [-0.1, -0.05) is 0 Å². The van der Waals surface area contributed by atoms with Gasteiger partial charge in [0, 0.05) is 39.8 Å². The second-order valence-corrected chi connectivity index (χ2v) is 4.53. The van der Waals surface area contributed by atoms with E-state index in [-0.39, 0.29) is 6.10 Å². The molecule has 1 aliphatic heterocycles. The van der Waals surface area contributed by atoms with Crippen LogP contribution in [0.2, 0.25) is 0 Å². The number of methoxy groups -OCH3 is 1. The third-order valence-electron chi connectivity index (χ3n) is 3.05. The van der Waals surface area contributed by atoms with Gasteiger partial charge >= 0.3 is 0 Å². The zero-order chi connectivity index (χ0) is 12.8. The fraction of sp³-hybridized carbons (Fsp3) is 0.818. The highest BCUT2D eigenvalue weighted by Crippen LogP contribution is 2.08. The molecule has 18 heavy (non-hydrogen) atoms. The number of aromatic nitrogens is 3. The summed E-state index contributed by atoms with van der Waals surface area (Å²) in [7, 11) is 1.67. The Morgan fingerprint density at radius 3 is 3.28 bits per heavy atom. The van der Waals surface area contributed by atoms with Crippen LogP contribution < -0.4 is 5.32 Å². The number of aliphatic hydroxyl groups is 1. The molecule has 7 nitrogen and oxygen atoms in total. The van der Waals surface area contributed by atoms with E-state index in [2.05, 4.69) is 25.0 Å². The van der Waals surface area contributed by atoms with Gasteiger partial charge in [-0.2, -0.15) is 0 Å². The van der Waals surface area contributed by atoms with Crippen LogP contribution >= 0.6 is 0 Å². The van der Waals surface area contributed by atoms with Gasteiger partial charge in [-0.3, -0.25) is 4.90 Å². The number of hydrogen-bond donors (Lipinski definition) is 2. The van der Waals surface area contributed by atoms with E-state index >= 15 is 0 Å². The smallest absolute Gasteiger partial charge is 0.147 e. The molecular formula is C11H21N5O2. The van der Waals surface area contributed by atoms with Crippen LogP contribution in [0.3, 0.4) is 0 Å². The molecule has 0 spiro atoms. The van der Waals surface area contributed by atoms with Crippen LogP contribution in [-0.4, -0.2) is 70.8 Å². The normalized spacial score (nSPS) is 17.7. The third-order valence-corrected chi connectivity index (χ3v) is 3.05. The van der Waals surface area contributed by atoms with Crippen LogP contribution in [0, 0.1) is 0 Å². The van der Waals surface area contributed by atoms with Gasteiger partial charge in [0.1, 0.15) is 12.2 Å². The number of β-amino-alcohol motifs (C(OH)–C–C–N with tert-alkyl or cyclic N) is 1. The van der Waals surface area contributed by atoms with E-state index in [1.54, 1.807) is 13.4 Å². The first-order valence-corrected chi connectivity index (χ1v) is 6.26. The molecule has 7 heteroatoms. The van der Waals surface area contributed by atoms with E-state index in [4.69, 9.17) is 4.74 Å². The Kier molecular flexibility index (Phi) is 5.06. The monoisotopic (exact) mass is 255 g/mol. The van der Waals surface area contributed by atoms with Gasteiger partial charge in [-0.25, -0.2) is 0 Å². The Labute approximate surface area is 107 Å². The molecule has 0 fully saturated rings. The van der Waals surface area contributed by atoms with Crippen molar-refractivity contribution >= 4 is 0 Å². The summed E-state index contributed by atoms with van der Waals surface area (Å²) in [5.41, 5.74) is 0. The van der Waals surface area contributed by atoms with E-state index in [0.29, 0.717) is 19.7 Å². The number of ether oxygens (including phenoxy) is 1. The van der Waals surface area contributed by atoms with Gasteiger partial charge < -0.3 is 19.7 Å². The number of rotatable bonds is 7. The van der Waals surface area contributed by atoms with Crippen molar-refractivity contribution in [2.24, 2.45) is 0 Å². The Balaban J connectivity index is 1.67. The van der Waals surface area contributed by atoms with Crippen LogP contribution in [0.25, 0.3) is 0 Å². The second kappa shape index (κ2) is 6.79. The van der Waals surface area contributed by atoms with Gasteiger partial charge in [0.2, 0.25) is 0 Å². The van der Waals surface area contributed by atoms with Crippen molar-refractivity contribution in [2.45, 2.75) is 19.2 Å². The molecule has 102 valence electrons. The summed E-state index contributed by atoms with van der Waals surface area (Å²) < 4.78 is 6.99. The van der Waals surface area contributed by atoms with Crippen LogP contribution in [0.4, 0.5) is 0 Å². The fourth-order valence-electron chi connectivity index (χ4n) is 2.08. The van der Waals surface area contributed by atoms with E-state index in [0.717, 1.165) is 32.0 Å². The topological polar surface area (TPSA) is 75.4 Å². The first-order chi connectivity index (χ1) is 8.79. The van der Waals surface area contributed by atoms with Gasteiger partial charge in [0.05, 0.1) is 19.3 Å². The van der Waals surface area contributed by atoms with Gasteiger partial charge in [0.25, 0.3) is 0 Å². The molecule has 1 aliphatic rings. The van der Waals surface area contributed by atoms with Gasteiger partial charge in [-0.15, -0.1) is 10.2 Å². The molecule has 0 saturated carbocycles. The lowest BCUT2D eigenvalue weighted by Gasteiger charge is -2.28. The Bertz CT molecular complexity index is 357. The van der Waals surface area contributed by atoms with E-state index in [9.17, 15) is 5.11 Å². The molecule has 0 saturated heterocycles. The molecule has 0 bridgehead atoms. The largest absolute Gasteiger partial charge is 0.390 e. The summed E-state index contributed by atoms with van der Waals surface area (Å²) in [5.74, 6) is 0.973. The molecule has 2 rings (SSSR count). The predicted molar refractivity (Wildman–Crippen MR) is 66.1 cm³/mol. The van der Waals surface area contributed by atoms with Crippen molar-refractivity contribution in [1.82, 2.24) is 25.0 Å². The lowest BCUT2D eigenvalue weighted by molar-refractivity contribution is 0.0932. The summed E-state index contributed by atoms with van der Waals surface area (Å²) in [6.45, 7) is 5.27. The third kappa shape index (κ3) is 3.74. The Hall–Kier alpha value is -1.02. The summed E-state index contributed by atoms with van der Waals surface area (Å²) in [4.78, 5) is 2.20. The summed E-state index contributed by atoms with van der Waals surface area (Å²) in [6, 6.07) is 0. The molecule has 0 radical (unpaired) electrons. The molecule has 1 atom stereocenters. The minimum atomic E-state index is -0.365. The van der Waals surface area contributed by atoms with E-state index in [1.807, 2.05) is 0 Å². The lowest BCUT2D eigenvalue weighted by atomic mass is 10.2. The molecule has 1 aromatic heterocycles. The molecular weight excluding hydrogens is 234 g/mol.